The standard InChI is InChI=1S/C90H60N6/c1-4-31-64(32-5-1)91(67-49-52-88-79(58-67)76-40-16-19-43-85(76)94(88)82-46-22-28-61-25-10-13-37-73(61)82)70-55-71(92(65-33-6-2-7-34-65)68-50-53-89-80(59-68)77-41-17-20-44-86(77)95(89)83-47-23-29-62-26-11-14-38-74(62)83)57-72(56-70)93(66-35-8-3-9-36-66)69-51-54-90-81(60-69)78-42-18-21-45-87(78)96(90)84-48-24-30-63-27-12-15-39-75(63)84/h1-60H. The Kier molecular flexibility index (Phi) is 12.8. The van der Waals surface area contributed by atoms with Crippen LogP contribution >= 0.6 is 0 Å². The van der Waals surface area contributed by atoms with Crippen molar-refractivity contribution in [1.29, 1.82) is 0 Å². The Bertz CT molecular complexity index is 5610. The molecule has 3 heterocycles. The maximum Gasteiger partial charge on any atom is 0.0542 e. The van der Waals surface area contributed by atoms with Crippen LogP contribution in [0.3, 0.4) is 0 Å². The lowest BCUT2D eigenvalue weighted by atomic mass is 10.1. The molecule has 0 aliphatic carbocycles. The van der Waals surface area contributed by atoms with Crippen LogP contribution in [-0.4, -0.2) is 13.7 Å². The number of hydrogen-bond donors (Lipinski definition) is 0. The molecule has 0 amide bonds. The number of fused-ring (bicyclic) bond motifs is 12. The van der Waals surface area contributed by atoms with Crippen LogP contribution in [-0.2, 0) is 0 Å². The van der Waals surface area contributed by atoms with E-state index in [1.54, 1.807) is 0 Å². The van der Waals surface area contributed by atoms with E-state index in [4.69, 9.17) is 0 Å². The summed E-state index contributed by atoms with van der Waals surface area (Å²) in [5, 5.41) is 14.3. The highest BCUT2D eigenvalue weighted by molar-refractivity contribution is 6.15. The van der Waals surface area contributed by atoms with Gasteiger partial charge in [-0.05, 0) is 162 Å². The fourth-order valence-corrected chi connectivity index (χ4v) is 15.3. The normalized spacial score (nSPS) is 11.8. The van der Waals surface area contributed by atoms with Crippen LogP contribution in [0.4, 0.5) is 51.2 Å². The molecule has 19 aromatic rings. The van der Waals surface area contributed by atoms with Gasteiger partial charge in [0.15, 0.2) is 0 Å². The van der Waals surface area contributed by atoms with E-state index in [0.29, 0.717) is 0 Å². The zero-order valence-corrected chi connectivity index (χ0v) is 52.3. The van der Waals surface area contributed by atoms with Crippen LogP contribution < -0.4 is 14.7 Å². The number of anilines is 9. The van der Waals surface area contributed by atoms with E-state index in [0.717, 1.165) is 118 Å². The molecule has 6 nitrogen and oxygen atoms in total. The van der Waals surface area contributed by atoms with Crippen LogP contribution in [0.1, 0.15) is 0 Å². The summed E-state index contributed by atoms with van der Waals surface area (Å²) in [6.45, 7) is 0. The summed E-state index contributed by atoms with van der Waals surface area (Å²) in [5.74, 6) is 0. The molecule has 0 atom stereocenters. The molecule has 0 saturated carbocycles. The van der Waals surface area contributed by atoms with Gasteiger partial charge in [-0.1, -0.05) is 218 Å². The first-order valence-electron chi connectivity index (χ1n) is 32.9. The molecule has 6 heteroatoms. The highest BCUT2D eigenvalue weighted by Gasteiger charge is 2.26. The first kappa shape index (κ1) is 54.8. The van der Waals surface area contributed by atoms with Crippen LogP contribution in [0.2, 0.25) is 0 Å². The van der Waals surface area contributed by atoms with Crippen molar-refractivity contribution >= 4 is 149 Å². The Morgan fingerprint density at radius 3 is 0.688 bits per heavy atom. The molecular formula is C90H60N6. The van der Waals surface area contributed by atoms with Crippen molar-refractivity contribution in [3.8, 4) is 17.1 Å². The van der Waals surface area contributed by atoms with Crippen LogP contribution in [0.5, 0.6) is 0 Å². The second-order valence-corrected chi connectivity index (χ2v) is 24.9. The Balaban J connectivity index is 0.873. The lowest BCUT2D eigenvalue weighted by molar-refractivity contribution is 1.19. The van der Waals surface area contributed by atoms with Crippen molar-refractivity contribution < 1.29 is 0 Å². The van der Waals surface area contributed by atoms with Gasteiger partial charge in [-0.2, -0.15) is 0 Å². The SMILES string of the molecule is c1ccc(N(c2cc(N(c3ccccc3)c3ccc4c(c3)c3ccccc3n4-c3cccc4ccccc34)cc(N(c3ccccc3)c3ccc4c(c3)c3ccccc3n4-c3cccc4ccccc34)c2)c2ccc3c(c2)c2ccccc2n3-c2cccc3ccccc23)cc1. The number of aromatic nitrogens is 3. The second-order valence-electron chi connectivity index (χ2n) is 24.9. The first-order valence-corrected chi connectivity index (χ1v) is 32.9. The van der Waals surface area contributed by atoms with Gasteiger partial charge in [0.2, 0.25) is 0 Å². The molecule has 96 heavy (non-hydrogen) atoms. The van der Waals surface area contributed by atoms with Gasteiger partial charge in [-0.25, -0.2) is 0 Å². The Labute approximate surface area is 555 Å². The smallest absolute Gasteiger partial charge is 0.0542 e. The van der Waals surface area contributed by atoms with Crippen LogP contribution in [0.25, 0.3) is 115 Å². The number of hydrogen-bond acceptors (Lipinski definition) is 3. The summed E-state index contributed by atoms with van der Waals surface area (Å²) in [6.07, 6.45) is 0. The monoisotopic (exact) mass is 1220 g/mol. The lowest BCUT2D eigenvalue weighted by Crippen LogP contribution is -2.16. The van der Waals surface area contributed by atoms with Gasteiger partial charge >= 0.3 is 0 Å². The van der Waals surface area contributed by atoms with Crippen LogP contribution in [0, 0.1) is 0 Å². The fraction of sp³-hybridized carbons (Fsp3) is 0. The molecule has 0 aliphatic rings. The Hall–Kier alpha value is -12.9. The van der Waals surface area contributed by atoms with Gasteiger partial charge in [0.1, 0.15) is 0 Å². The van der Waals surface area contributed by atoms with E-state index in [1.165, 1.54) is 48.5 Å². The Morgan fingerprint density at radius 1 is 0.146 bits per heavy atom. The maximum absolute atomic E-state index is 2.45. The zero-order valence-electron chi connectivity index (χ0n) is 52.3. The predicted molar refractivity (Wildman–Crippen MR) is 406 cm³/mol. The molecule has 0 saturated heterocycles. The molecule has 0 N–H and O–H groups in total. The quantitative estimate of drug-likeness (QED) is 0.122. The second kappa shape index (κ2) is 22.4. The topological polar surface area (TPSA) is 24.5 Å². The summed E-state index contributed by atoms with van der Waals surface area (Å²) in [6, 6.07) is 134. The molecule has 0 unspecified atom stereocenters. The first-order chi connectivity index (χ1) is 47.6. The van der Waals surface area contributed by atoms with Gasteiger partial charge in [0.25, 0.3) is 0 Å². The molecule has 0 bridgehead atoms. The van der Waals surface area contributed by atoms with Crippen molar-refractivity contribution in [1.82, 2.24) is 13.7 Å². The average molecular weight is 1230 g/mol. The molecule has 0 fully saturated rings. The van der Waals surface area contributed by atoms with E-state index < -0.39 is 0 Å². The molecule has 3 aromatic heterocycles. The molecule has 19 rings (SSSR count). The summed E-state index contributed by atoms with van der Waals surface area (Å²) in [5.41, 5.74) is 19.4. The van der Waals surface area contributed by atoms with Crippen molar-refractivity contribution in [2.45, 2.75) is 0 Å². The third-order valence-electron chi connectivity index (χ3n) is 19.5. The summed E-state index contributed by atoms with van der Waals surface area (Å²) < 4.78 is 7.35. The summed E-state index contributed by atoms with van der Waals surface area (Å²) in [4.78, 5) is 7.35. The minimum absolute atomic E-state index is 0.981. The van der Waals surface area contributed by atoms with E-state index in [9.17, 15) is 0 Å². The fourth-order valence-electron chi connectivity index (χ4n) is 15.3. The van der Waals surface area contributed by atoms with E-state index in [-0.39, 0.29) is 0 Å². The highest BCUT2D eigenvalue weighted by atomic mass is 15.2. The average Bonchev–Trinajstić information content (AvgIpc) is 1.56. The minimum atomic E-state index is 0.981. The highest BCUT2D eigenvalue weighted by Crippen LogP contribution is 2.50. The molecule has 0 radical (unpaired) electrons. The van der Waals surface area contributed by atoms with Crippen molar-refractivity contribution in [3.63, 3.8) is 0 Å². The zero-order chi connectivity index (χ0) is 63.2. The number of para-hydroxylation sites is 6. The third kappa shape index (κ3) is 8.88. The van der Waals surface area contributed by atoms with Crippen molar-refractivity contribution in [2.24, 2.45) is 0 Å². The Morgan fingerprint density at radius 2 is 0.385 bits per heavy atom. The minimum Gasteiger partial charge on any atom is -0.310 e. The van der Waals surface area contributed by atoms with Crippen LogP contribution in [0.15, 0.2) is 364 Å². The summed E-state index contributed by atoms with van der Waals surface area (Å²) in [7, 11) is 0. The van der Waals surface area contributed by atoms with Crippen molar-refractivity contribution in [2.75, 3.05) is 14.7 Å². The summed E-state index contributed by atoms with van der Waals surface area (Å²) >= 11 is 0. The lowest BCUT2D eigenvalue weighted by Gasteiger charge is -2.33. The molecule has 0 aliphatic heterocycles. The molecular weight excluding hydrogens is 1170 g/mol. The van der Waals surface area contributed by atoms with Gasteiger partial charge in [-0.3, -0.25) is 0 Å². The molecule has 0 spiro atoms. The number of rotatable bonds is 12. The van der Waals surface area contributed by atoms with Gasteiger partial charge in [0.05, 0.1) is 67.2 Å². The third-order valence-corrected chi connectivity index (χ3v) is 19.5. The molecule has 16 aromatic carbocycles. The van der Waals surface area contributed by atoms with Gasteiger partial charge < -0.3 is 28.4 Å². The number of nitrogens with zero attached hydrogens (tertiary/aromatic N) is 6. The van der Waals surface area contributed by atoms with E-state index in [2.05, 4.69) is 392 Å². The largest absolute Gasteiger partial charge is 0.310 e. The molecule has 450 valence electrons. The van der Waals surface area contributed by atoms with Gasteiger partial charge in [-0.15, -0.1) is 0 Å². The van der Waals surface area contributed by atoms with E-state index in [1.807, 2.05) is 0 Å². The number of benzene rings is 16. The van der Waals surface area contributed by atoms with E-state index >= 15 is 0 Å². The van der Waals surface area contributed by atoms with Gasteiger partial charge in [0, 0.05) is 82.6 Å². The maximum atomic E-state index is 2.45. The van der Waals surface area contributed by atoms with Crippen molar-refractivity contribution in [3.05, 3.63) is 364 Å². The predicted octanol–water partition coefficient (Wildman–Crippen LogP) is 24.8.